The molecule has 6 nitrogen and oxygen atoms in total. The molecule has 0 aromatic carbocycles. The Morgan fingerprint density at radius 2 is 0.333 bits per heavy atom. The smallest absolute Gasteiger partial charge is 0.181 e. The Kier molecular flexibility index (Phi) is 4750. The Bertz CT molecular complexity index is 101. The third-order valence-corrected chi connectivity index (χ3v) is 0. The van der Waals surface area contributed by atoms with Crippen LogP contribution in [0.2, 0.25) is 0 Å². The van der Waals surface area contributed by atoms with Crippen LogP contribution >= 0.6 is 0 Å². The normalized spacial score (nSPS) is 0.800. The maximum absolute atomic E-state index is 6.25. The van der Waals surface area contributed by atoms with Crippen molar-refractivity contribution in [3.05, 3.63) is 39.4 Å². The SMILES string of the molecule is [C]#N.[C]#N.[C]#N.[C]#N.[C]#N.[C]#N.[Fe].[Ni+2].[Ni+2]. The molecule has 0 spiro atoms. The number of nitrogens with zero attached hydrogens (tertiary/aromatic N) is 6. The summed E-state index contributed by atoms with van der Waals surface area (Å²) < 4.78 is 0. The van der Waals surface area contributed by atoms with Gasteiger partial charge in [0.2, 0.25) is 0 Å². The molecule has 0 N–H and O–H groups in total. The Morgan fingerprint density at radius 3 is 0.333 bits per heavy atom. The zero-order valence-corrected chi connectivity index (χ0v) is 9.75. The van der Waals surface area contributed by atoms with Crippen molar-refractivity contribution in [2.75, 3.05) is 0 Å². The molecule has 0 atom stereocenters. The zero-order chi connectivity index (χ0) is 12.0. The fourth-order valence-corrected chi connectivity index (χ4v) is 0. The van der Waals surface area contributed by atoms with Gasteiger partial charge in [-0.2, -0.15) is 31.6 Å². The molecule has 0 amide bonds. The first-order chi connectivity index (χ1) is 6.00. The summed E-state index contributed by atoms with van der Waals surface area (Å²) in [6.45, 7) is 28.5. The molecule has 0 bridgehead atoms. The summed E-state index contributed by atoms with van der Waals surface area (Å²) in [5, 5.41) is 37.5. The molecule has 0 aliphatic heterocycles. The summed E-state index contributed by atoms with van der Waals surface area (Å²) >= 11 is 0. The minimum atomic E-state index is 0. The maximum Gasteiger partial charge on any atom is 2.00 e. The quantitative estimate of drug-likeness (QED) is 0.594. The minimum absolute atomic E-state index is 0. The van der Waals surface area contributed by atoms with Gasteiger partial charge in [0.1, 0.15) is 0 Å². The molecule has 15 heavy (non-hydrogen) atoms. The molecule has 0 rings (SSSR count). The van der Waals surface area contributed by atoms with Crippen molar-refractivity contribution in [2.24, 2.45) is 0 Å². The van der Waals surface area contributed by atoms with Gasteiger partial charge in [-0.3, -0.25) is 0 Å². The number of hydrogen-bond donors (Lipinski definition) is 0. The Labute approximate surface area is 121 Å². The maximum atomic E-state index is 6.25. The first-order valence-electron chi connectivity index (χ1n) is 1.34. The van der Waals surface area contributed by atoms with Gasteiger partial charge in [-0.25, -0.2) is 0 Å². The minimum Gasteiger partial charge on any atom is -0.181 e. The fraction of sp³-hybridized carbons (Fsp3) is 0. The molecular formula is C6FeN6Ni2+4. The van der Waals surface area contributed by atoms with E-state index in [0.29, 0.717) is 0 Å². The van der Waals surface area contributed by atoms with E-state index in [2.05, 4.69) is 0 Å². The van der Waals surface area contributed by atoms with E-state index >= 15 is 0 Å². The van der Waals surface area contributed by atoms with E-state index < -0.39 is 0 Å². The van der Waals surface area contributed by atoms with E-state index in [-0.39, 0.29) is 50.1 Å². The van der Waals surface area contributed by atoms with E-state index in [0.717, 1.165) is 0 Å². The standard InChI is InChI=1S/6CN.Fe.2Ni/c6*1-2;;;/q;;;;;;;2*+2. The number of hydrogen-bond acceptors (Lipinski definition) is 6. The van der Waals surface area contributed by atoms with Crippen LogP contribution < -0.4 is 0 Å². The Morgan fingerprint density at radius 1 is 0.333 bits per heavy atom. The van der Waals surface area contributed by atoms with Crippen LogP contribution in [0.5, 0.6) is 0 Å². The van der Waals surface area contributed by atoms with Crippen molar-refractivity contribution in [2.45, 2.75) is 0 Å². The van der Waals surface area contributed by atoms with Crippen LogP contribution in [0.15, 0.2) is 0 Å². The molecule has 0 aliphatic carbocycles. The second-order valence-corrected chi connectivity index (χ2v) is 0. The molecule has 0 unspecified atom stereocenters. The van der Waals surface area contributed by atoms with Crippen LogP contribution in [0.4, 0.5) is 0 Å². The van der Waals surface area contributed by atoms with Gasteiger partial charge in [0.15, 0.2) is 39.4 Å². The molecular weight excluding hydrogens is 329 g/mol. The second-order valence-electron chi connectivity index (χ2n) is 0. The van der Waals surface area contributed by atoms with Crippen LogP contribution in [-0.2, 0) is 50.1 Å². The van der Waals surface area contributed by atoms with Gasteiger partial charge in [-0.1, -0.05) is 0 Å². The van der Waals surface area contributed by atoms with Crippen molar-refractivity contribution >= 4 is 0 Å². The summed E-state index contributed by atoms with van der Waals surface area (Å²) in [6, 6.07) is 0. The summed E-state index contributed by atoms with van der Waals surface area (Å²) in [6.07, 6.45) is 0. The van der Waals surface area contributed by atoms with Crippen molar-refractivity contribution in [1.82, 2.24) is 0 Å². The van der Waals surface area contributed by atoms with Crippen molar-refractivity contribution in [3.63, 3.8) is 0 Å². The Balaban J connectivity index is -0.00000000396. The van der Waals surface area contributed by atoms with E-state index in [1.165, 1.54) is 0 Å². The topological polar surface area (TPSA) is 143 Å². The number of rotatable bonds is 0. The van der Waals surface area contributed by atoms with E-state index in [1.54, 1.807) is 0 Å². The molecule has 0 aromatic rings. The summed E-state index contributed by atoms with van der Waals surface area (Å²) in [5.41, 5.74) is 0. The third kappa shape index (κ3) is 563. The first-order valence-corrected chi connectivity index (χ1v) is 1.34. The van der Waals surface area contributed by atoms with Crippen molar-refractivity contribution in [3.8, 4) is 0 Å². The van der Waals surface area contributed by atoms with Crippen molar-refractivity contribution in [1.29, 1.82) is 31.6 Å². The molecule has 0 saturated heterocycles. The molecule has 0 fully saturated rings. The second kappa shape index (κ2) is 676. The molecule has 0 aliphatic rings. The summed E-state index contributed by atoms with van der Waals surface area (Å²) in [5.74, 6) is 0. The van der Waals surface area contributed by atoms with Gasteiger partial charge in [0, 0.05) is 17.1 Å². The van der Waals surface area contributed by atoms with Crippen LogP contribution in [0, 0.1) is 71.0 Å². The van der Waals surface area contributed by atoms with E-state index in [4.69, 9.17) is 71.0 Å². The van der Waals surface area contributed by atoms with Crippen LogP contribution in [-0.4, -0.2) is 0 Å². The average Bonchev–Trinajstić information content (AvgIpc) is 2.33. The van der Waals surface area contributed by atoms with E-state index in [9.17, 15) is 0 Å². The van der Waals surface area contributed by atoms with Gasteiger partial charge in [-0.15, -0.1) is 0 Å². The third-order valence-electron chi connectivity index (χ3n) is 0. The monoisotopic (exact) mass is 328 g/mol. The van der Waals surface area contributed by atoms with Gasteiger partial charge in [0.25, 0.3) is 0 Å². The predicted molar refractivity (Wildman–Crippen MR) is 29.8 cm³/mol. The van der Waals surface area contributed by atoms with Gasteiger partial charge in [-0.05, 0) is 0 Å². The van der Waals surface area contributed by atoms with E-state index in [1.807, 2.05) is 0 Å². The molecule has 9 heteroatoms. The largest absolute Gasteiger partial charge is 2.00 e. The van der Waals surface area contributed by atoms with Gasteiger partial charge in [0.05, 0.1) is 0 Å². The molecule has 0 aromatic heterocycles. The molecule has 78 valence electrons. The average molecular weight is 329 g/mol. The summed E-state index contributed by atoms with van der Waals surface area (Å²) in [7, 11) is 0. The molecule has 0 saturated carbocycles. The van der Waals surface area contributed by atoms with Gasteiger partial charge >= 0.3 is 33.0 Å². The molecule has 6 radical (unpaired) electrons. The van der Waals surface area contributed by atoms with Crippen molar-refractivity contribution < 1.29 is 50.1 Å². The first kappa shape index (κ1) is 105. The Hall–Kier alpha value is -1.55. The predicted octanol–water partition coefficient (Wildman–Crippen LogP) is 0.571. The van der Waals surface area contributed by atoms with Crippen LogP contribution in [0.25, 0.3) is 0 Å². The van der Waals surface area contributed by atoms with Gasteiger partial charge < -0.3 is 0 Å². The zero-order valence-electron chi connectivity index (χ0n) is 6.67. The fourth-order valence-electron chi connectivity index (χ4n) is 0. The molecule has 0 heterocycles. The van der Waals surface area contributed by atoms with Crippen LogP contribution in [0.3, 0.4) is 0 Å². The summed E-state index contributed by atoms with van der Waals surface area (Å²) in [4.78, 5) is 0. The van der Waals surface area contributed by atoms with Crippen LogP contribution in [0.1, 0.15) is 0 Å².